The molecule has 1 heterocycles. The molecule has 7 heteroatoms. The lowest BCUT2D eigenvalue weighted by Crippen LogP contribution is -2.24. The van der Waals surface area contributed by atoms with Crippen LogP contribution in [0.5, 0.6) is 5.75 Å². The monoisotopic (exact) mass is 376 g/mol. The Morgan fingerprint density at radius 3 is 2.54 bits per heavy atom. The number of aromatic nitrogens is 2. The Balaban J connectivity index is 1.69. The van der Waals surface area contributed by atoms with Gasteiger partial charge in [0.15, 0.2) is 0 Å². The van der Waals surface area contributed by atoms with E-state index >= 15 is 0 Å². The van der Waals surface area contributed by atoms with Crippen molar-refractivity contribution < 1.29 is 9.53 Å². The maximum Gasteiger partial charge on any atom is 0.346 e. The number of rotatable bonds is 6. The van der Waals surface area contributed by atoms with Crippen molar-refractivity contribution in [3.8, 4) is 17.0 Å². The fraction of sp³-hybridized carbons (Fsp3) is 0.143. The third kappa shape index (κ3) is 5.14. The Morgan fingerprint density at radius 2 is 1.86 bits per heavy atom. The highest BCUT2D eigenvalue weighted by molar-refractivity contribution is 5.93. The summed E-state index contributed by atoms with van der Waals surface area (Å²) in [5, 5.41) is 3.93. The Hall–Kier alpha value is -3.74. The number of nitrogens with zero attached hydrogens (tertiary/aromatic N) is 2. The summed E-state index contributed by atoms with van der Waals surface area (Å²) in [6.45, 7) is 3.91. The minimum atomic E-state index is -0.601. The zero-order chi connectivity index (χ0) is 19.9. The highest BCUT2D eigenvalue weighted by Crippen LogP contribution is 2.15. The van der Waals surface area contributed by atoms with Crippen LogP contribution in [-0.2, 0) is 0 Å². The van der Waals surface area contributed by atoms with Crippen LogP contribution >= 0.6 is 0 Å². The van der Waals surface area contributed by atoms with Crippen LogP contribution in [0.15, 0.2) is 70.6 Å². The molecule has 0 aliphatic rings. The molecule has 1 aromatic heterocycles. The first kappa shape index (κ1) is 19.0. The Morgan fingerprint density at radius 1 is 1.14 bits per heavy atom. The number of carbonyl (C=O) groups is 1. The van der Waals surface area contributed by atoms with Crippen LogP contribution in [-0.4, -0.2) is 28.2 Å². The number of H-pyrrole nitrogens is 1. The van der Waals surface area contributed by atoms with Gasteiger partial charge in [0.05, 0.1) is 18.0 Å². The molecule has 0 saturated heterocycles. The molecule has 0 spiro atoms. The Labute approximate surface area is 162 Å². The first-order chi connectivity index (χ1) is 13.5. The topological polar surface area (TPSA) is 96.4 Å². The number of ether oxygens (including phenoxy) is 1. The molecule has 7 nitrogen and oxygen atoms in total. The van der Waals surface area contributed by atoms with Gasteiger partial charge in [-0.2, -0.15) is 10.1 Å². The fourth-order valence-corrected chi connectivity index (χ4v) is 2.47. The fourth-order valence-electron chi connectivity index (χ4n) is 2.47. The minimum absolute atomic E-state index is 0.0803. The summed E-state index contributed by atoms with van der Waals surface area (Å²) in [7, 11) is 0. The van der Waals surface area contributed by atoms with Crippen LogP contribution < -0.4 is 15.9 Å². The summed E-state index contributed by atoms with van der Waals surface area (Å²) >= 11 is 0. The van der Waals surface area contributed by atoms with E-state index in [9.17, 15) is 9.59 Å². The Kier molecular flexibility index (Phi) is 5.96. The predicted molar refractivity (Wildman–Crippen MR) is 108 cm³/mol. The van der Waals surface area contributed by atoms with Crippen molar-refractivity contribution in [2.45, 2.75) is 20.0 Å². The molecule has 3 rings (SSSR count). The molecule has 3 aromatic rings. The Bertz CT molecular complexity index is 1030. The van der Waals surface area contributed by atoms with E-state index in [-0.39, 0.29) is 11.8 Å². The van der Waals surface area contributed by atoms with E-state index < -0.39 is 11.6 Å². The van der Waals surface area contributed by atoms with Gasteiger partial charge in [-0.05, 0) is 49.7 Å². The second kappa shape index (κ2) is 8.77. The molecule has 1 amide bonds. The van der Waals surface area contributed by atoms with E-state index in [0.717, 1.165) is 16.9 Å². The number of carbonyl (C=O) groups excluding carboxylic acids is 1. The zero-order valence-electron chi connectivity index (χ0n) is 15.5. The number of hydrogen-bond acceptors (Lipinski definition) is 5. The van der Waals surface area contributed by atoms with Crippen molar-refractivity contribution in [1.82, 2.24) is 15.4 Å². The summed E-state index contributed by atoms with van der Waals surface area (Å²) < 4.78 is 5.57. The highest BCUT2D eigenvalue weighted by atomic mass is 16.5. The first-order valence-corrected chi connectivity index (χ1v) is 8.78. The van der Waals surface area contributed by atoms with Crippen LogP contribution in [0.4, 0.5) is 0 Å². The number of aromatic amines is 1. The summed E-state index contributed by atoms with van der Waals surface area (Å²) in [5.41, 5.74) is 3.84. The molecule has 0 radical (unpaired) electrons. The molecule has 0 bridgehead atoms. The maximum atomic E-state index is 12.3. The summed E-state index contributed by atoms with van der Waals surface area (Å²) in [6, 6.07) is 18.0. The quantitative estimate of drug-likeness (QED) is 0.511. The smallest absolute Gasteiger partial charge is 0.346 e. The minimum Gasteiger partial charge on any atom is -0.491 e. The number of amides is 1. The molecule has 0 atom stereocenters. The van der Waals surface area contributed by atoms with Gasteiger partial charge in [0.2, 0.25) is 0 Å². The van der Waals surface area contributed by atoms with Gasteiger partial charge in [0.1, 0.15) is 11.4 Å². The van der Waals surface area contributed by atoms with Crippen LogP contribution in [0.1, 0.15) is 29.9 Å². The average molecular weight is 376 g/mol. The third-order valence-electron chi connectivity index (χ3n) is 3.69. The number of nitrogens with one attached hydrogen (secondary N) is 2. The van der Waals surface area contributed by atoms with E-state index in [1.165, 1.54) is 12.3 Å². The molecular formula is C21H20N4O3. The molecular weight excluding hydrogens is 356 g/mol. The molecule has 0 unspecified atom stereocenters. The van der Waals surface area contributed by atoms with Crippen molar-refractivity contribution in [2.24, 2.45) is 5.10 Å². The summed E-state index contributed by atoms with van der Waals surface area (Å²) in [5.74, 6) is 0.228. The maximum absolute atomic E-state index is 12.3. The molecule has 0 aliphatic heterocycles. The van der Waals surface area contributed by atoms with Gasteiger partial charge in [0, 0.05) is 5.56 Å². The SMILES string of the molecule is CC(C)Oc1ccc(/C=N/NC(=O)c2cc(-c3ccccc3)nc(=O)[nH]2)cc1. The largest absolute Gasteiger partial charge is 0.491 e. The highest BCUT2D eigenvalue weighted by Gasteiger charge is 2.10. The van der Waals surface area contributed by atoms with Gasteiger partial charge in [-0.3, -0.25) is 4.79 Å². The van der Waals surface area contributed by atoms with Crippen LogP contribution in [0.25, 0.3) is 11.3 Å². The molecule has 142 valence electrons. The van der Waals surface area contributed by atoms with Crippen molar-refractivity contribution in [2.75, 3.05) is 0 Å². The van der Waals surface area contributed by atoms with Gasteiger partial charge in [-0.15, -0.1) is 0 Å². The lowest BCUT2D eigenvalue weighted by Gasteiger charge is -2.09. The van der Waals surface area contributed by atoms with E-state index in [1.54, 1.807) is 0 Å². The molecule has 2 N–H and O–H groups in total. The average Bonchev–Trinajstić information content (AvgIpc) is 2.69. The standard InChI is InChI=1S/C21H20N4O3/c1-14(2)28-17-10-8-15(9-11-17)13-22-25-20(26)19-12-18(23-21(27)24-19)16-6-4-3-5-7-16/h3-14H,1-2H3,(H,25,26)(H,23,24,27)/b22-13+. The van der Waals surface area contributed by atoms with Crippen molar-refractivity contribution in [3.05, 3.63) is 82.4 Å². The van der Waals surface area contributed by atoms with E-state index in [4.69, 9.17) is 4.74 Å². The van der Waals surface area contributed by atoms with Crippen molar-refractivity contribution >= 4 is 12.1 Å². The number of benzene rings is 2. The number of hydrazone groups is 1. The van der Waals surface area contributed by atoms with Gasteiger partial charge >= 0.3 is 5.69 Å². The van der Waals surface area contributed by atoms with Crippen molar-refractivity contribution in [3.63, 3.8) is 0 Å². The van der Waals surface area contributed by atoms with Gasteiger partial charge in [0.25, 0.3) is 5.91 Å². The normalized spacial score (nSPS) is 11.0. The third-order valence-corrected chi connectivity index (χ3v) is 3.69. The molecule has 0 saturated carbocycles. The van der Waals surface area contributed by atoms with E-state index in [1.807, 2.05) is 68.4 Å². The lowest BCUT2D eigenvalue weighted by atomic mass is 10.1. The van der Waals surface area contributed by atoms with E-state index in [0.29, 0.717) is 5.69 Å². The molecule has 28 heavy (non-hydrogen) atoms. The van der Waals surface area contributed by atoms with Gasteiger partial charge < -0.3 is 9.72 Å². The molecule has 2 aromatic carbocycles. The lowest BCUT2D eigenvalue weighted by molar-refractivity contribution is 0.0949. The molecule has 0 fully saturated rings. The van der Waals surface area contributed by atoms with Crippen LogP contribution in [0.3, 0.4) is 0 Å². The van der Waals surface area contributed by atoms with Crippen molar-refractivity contribution in [1.29, 1.82) is 0 Å². The summed E-state index contributed by atoms with van der Waals surface area (Å²) in [4.78, 5) is 30.4. The van der Waals surface area contributed by atoms with Gasteiger partial charge in [-0.1, -0.05) is 30.3 Å². The van der Waals surface area contributed by atoms with Crippen LogP contribution in [0.2, 0.25) is 0 Å². The summed E-state index contributed by atoms with van der Waals surface area (Å²) in [6.07, 6.45) is 1.61. The predicted octanol–water partition coefficient (Wildman–Crippen LogP) is 2.99. The van der Waals surface area contributed by atoms with Crippen LogP contribution in [0, 0.1) is 0 Å². The zero-order valence-corrected chi connectivity index (χ0v) is 15.5. The number of hydrogen-bond donors (Lipinski definition) is 2. The van der Waals surface area contributed by atoms with E-state index in [2.05, 4.69) is 20.5 Å². The van der Waals surface area contributed by atoms with Gasteiger partial charge in [-0.25, -0.2) is 10.2 Å². The first-order valence-electron chi connectivity index (χ1n) is 8.78. The second-order valence-corrected chi connectivity index (χ2v) is 6.29. The second-order valence-electron chi connectivity index (χ2n) is 6.29. The molecule has 0 aliphatic carbocycles.